The Kier molecular flexibility index (Phi) is 7.53. The molecule has 1 fully saturated rings. The second-order valence-corrected chi connectivity index (χ2v) is 12.9. The number of alkyl halides is 2. The highest BCUT2D eigenvalue weighted by Gasteiger charge is 2.53. The molecule has 2 aromatic carbocycles. The topological polar surface area (TPSA) is 127 Å². The van der Waals surface area contributed by atoms with Gasteiger partial charge in [-0.1, -0.05) is 62.7 Å². The predicted octanol–water partition coefficient (Wildman–Crippen LogP) is 5.58. The summed E-state index contributed by atoms with van der Waals surface area (Å²) in [7, 11) is 0. The molecule has 2 aromatic heterocycles. The maximum Gasteiger partial charge on any atom is 0.297 e. The fourth-order valence-electron chi connectivity index (χ4n) is 5.86. The molecular weight excluding hydrogens is 590 g/mol. The summed E-state index contributed by atoms with van der Waals surface area (Å²) in [6, 6.07) is 11.7. The van der Waals surface area contributed by atoms with Gasteiger partial charge in [0.15, 0.2) is 17.3 Å². The maximum atomic E-state index is 14.5. The van der Waals surface area contributed by atoms with Gasteiger partial charge in [-0.2, -0.15) is 10.2 Å². The van der Waals surface area contributed by atoms with E-state index in [1.165, 1.54) is 17.0 Å². The van der Waals surface area contributed by atoms with Crippen LogP contribution in [0.3, 0.4) is 0 Å². The molecule has 230 valence electrons. The third-order valence-electron chi connectivity index (χ3n) is 7.97. The second kappa shape index (κ2) is 11.1. The number of aliphatic imine (C=N–C) groups is 1. The first-order chi connectivity index (χ1) is 20.9. The molecule has 1 aliphatic carbocycles. The number of hydrogen-bond donors (Lipinski definition) is 2. The van der Waals surface area contributed by atoms with Crippen LogP contribution >= 0.6 is 11.6 Å². The molecule has 13 heteroatoms. The van der Waals surface area contributed by atoms with Crippen molar-refractivity contribution in [1.82, 2.24) is 29.4 Å². The first-order valence-electron chi connectivity index (χ1n) is 14.3. The summed E-state index contributed by atoms with van der Waals surface area (Å²) in [4.78, 5) is 24.2. The van der Waals surface area contributed by atoms with Crippen LogP contribution in [0.15, 0.2) is 66.2 Å². The van der Waals surface area contributed by atoms with Crippen molar-refractivity contribution in [3.63, 3.8) is 0 Å². The largest absolute Gasteiger partial charge is 0.394 e. The van der Waals surface area contributed by atoms with Crippen LogP contribution < -0.4 is 5.73 Å². The number of aromatic nitrogens is 5. The van der Waals surface area contributed by atoms with Gasteiger partial charge in [-0.15, -0.1) is 0 Å². The molecule has 1 saturated carbocycles. The van der Waals surface area contributed by atoms with Gasteiger partial charge in [0.05, 0.1) is 35.6 Å². The van der Waals surface area contributed by atoms with Crippen LogP contribution in [0.5, 0.6) is 0 Å². The van der Waals surface area contributed by atoms with E-state index in [4.69, 9.17) is 22.3 Å². The number of halogens is 3. The smallest absolute Gasteiger partial charge is 0.297 e. The van der Waals surface area contributed by atoms with Gasteiger partial charge in [0, 0.05) is 11.8 Å². The van der Waals surface area contributed by atoms with Crippen molar-refractivity contribution >= 4 is 23.5 Å². The number of aliphatic hydroxyl groups is 1. The zero-order valence-electron chi connectivity index (χ0n) is 24.5. The van der Waals surface area contributed by atoms with Crippen LogP contribution in [0, 0.1) is 5.41 Å². The number of aliphatic hydroxyl groups excluding tert-OH is 1. The fourth-order valence-corrected chi connectivity index (χ4v) is 6.06. The van der Waals surface area contributed by atoms with Crippen molar-refractivity contribution in [2.75, 3.05) is 6.61 Å². The number of rotatable bonds is 9. The summed E-state index contributed by atoms with van der Waals surface area (Å²) >= 11 is 6.37. The van der Waals surface area contributed by atoms with Crippen molar-refractivity contribution in [2.45, 2.75) is 64.1 Å². The van der Waals surface area contributed by atoms with Crippen molar-refractivity contribution in [2.24, 2.45) is 16.1 Å². The minimum Gasteiger partial charge on any atom is -0.394 e. The van der Waals surface area contributed by atoms with Crippen LogP contribution in [0.2, 0.25) is 5.02 Å². The molecule has 4 aromatic rings. The summed E-state index contributed by atoms with van der Waals surface area (Å²) in [6.45, 7) is 5.54. The summed E-state index contributed by atoms with van der Waals surface area (Å²) in [5.41, 5.74) is 7.94. The van der Waals surface area contributed by atoms with Gasteiger partial charge in [0.2, 0.25) is 0 Å². The molecule has 6 rings (SSSR count). The molecule has 10 nitrogen and oxygen atoms in total. The lowest BCUT2D eigenvalue weighted by Gasteiger charge is -2.34. The molecule has 0 saturated heterocycles. The predicted molar refractivity (Wildman–Crippen MR) is 161 cm³/mol. The van der Waals surface area contributed by atoms with Crippen LogP contribution in [-0.4, -0.2) is 53.0 Å². The molecule has 2 aliphatic rings. The van der Waals surface area contributed by atoms with E-state index in [0.29, 0.717) is 23.6 Å². The first-order valence-corrected chi connectivity index (χ1v) is 14.7. The SMILES string of the molecule is CC(C)(C)C[C@]1(c2ccc(-c3cnn(C4CC4)c3)cc2)N=C(N)N([C@H](CO)c2ccc(Cl)c(-n3ncnc3C(F)F)c2)C1=O. The van der Waals surface area contributed by atoms with E-state index in [0.717, 1.165) is 35.0 Å². The molecule has 3 N–H and O–H groups in total. The maximum absolute atomic E-state index is 14.5. The third kappa shape index (κ3) is 5.36. The van der Waals surface area contributed by atoms with E-state index < -0.39 is 36.3 Å². The van der Waals surface area contributed by atoms with Crippen molar-refractivity contribution in [1.29, 1.82) is 0 Å². The van der Waals surface area contributed by atoms with Gasteiger partial charge in [-0.3, -0.25) is 14.4 Å². The third-order valence-corrected chi connectivity index (χ3v) is 8.29. The molecule has 0 spiro atoms. The molecular formula is C31H33ClF2N8O2. The fraction of sp³-hybridized carbons (Fsp3) is 0.387. The summed E-state index contributed by atoms with van der Waals surface area (Å²) < 4.78 is 30.1. The molecule has 1 aliphatic heterocycles. The zero-order chi connectivity index (χ0) is 31.4. The van der Waals surface area contributed by atoms with E-state index in [2.05, 4.69) is 15.2 Å². The van der Waals surface area contributed by atoms with E-state index >= 15 is 0 Å². The highest BCUT2D eigenvalue weighted by molar-refractivity contribution is 6.32. The second-order valence-electron chi connectivity index (χ2n) is 12.5. The minimum absolute atomic E-state index is 0.0568. The number of nitrogens with zero attached hydrogens (tertiary/aromatic N) is 7. The molecule has 3 heterocycles. The summed E-state index contributed by atoms with van der Waals surface area (Å²) in [5, 5.41) is 19.1. The van der Waals surface area contributed by atoms with Gasteiger partial charge < -0.3 is 10.8 Å². The van der Waals surface area contributed by atoms with Gasteiger partial charge >= 0.3 is 0 Å². The standard InChI is InChI=1S/C31H33ClF2N8O2/c1-30(2,3)16-31(21-7-4-18(5-8-21)20-13-37-40(14-20)22-9-10-22)28(44)41(29(35)39-31)25(15-43)19-6-11-23(32)24(12-19)42-27(26(33)34)36-17-38-42/h4-8,11-14,17,22,25-26,43H,9-10,15-16H2,1-3H3,(H2,35,39)/t25-,31-/m1/s1. The number of benzene rings is 2. The average Bonchev–Trinajstić information content (AvgIpc) is 3.40. The van der Waals surface area contributed by atoms with Gasteiger partial charge in [0.25, 0.3) is 12.3 Å². The molecule has 0 bridgehead atoms. The Labute approximate surface area is 258 Å². The lowest BCUT2D eigenvalue weighted by molar-refractivity contribution is -0.135. The number of amides is 1. The zero-order valence-corrected chi connectivity index (χ0v) is 25.3. The lowest BCUT2D eigenvalue weighted by atomic mass is 9.75. The van der Waals surface area contributed by atoms with Crippen LogP contribution in [0.1, 0.15) is 75.5 Å². The van der Waals surface area contributed by atoms with Crippen LogP contribution in [0.4, 0.5) is 8.78 Å². The van der Waals surface area contributed by atoms with E-state index in [1.54, 1.807) is 6.07 Å². The van der Waals surface area contributed by atoms with Crippen molar-refractivity contribution in [3.05, 3.63) is 83.2 Å². The highest BCUT2D eigenvalue weighted by atomic mass is 35.5. The highest BCUT2D eigenvalue weighted by Crippen LogP contribution is 2.45. The molecule has 0 radical (unpaired) electrons. The molecule has 1 amide bonds. The minimum atomic E-state index is -2.90. The monoisotopic (exact) mass is 622 g/mol. The van der Waals surface area contributed by atoms with E-state index in [1.807, 2.05) is 62.1 Å². The van der Waals surface area contributed by atoms with Crippen molar-refractivity contribution in [3.8, 4) is 16.8 Å². The Hall–Kier alpha value is -4.16. The Bertz CT molecular complexity index is 1720. The van der Waals surface area contributed by atoms with Gasteiger partial charge in [-0.25, -0.2) is 23.4 Å². The number of hydrogen-bond acceptors (Lipinski definition) is 7. The summed E-state index contributed by atoms with van der Waals surface area (Å²) in [5.74, 6) is -1.04. The Morgan fingerprint density at radius 2 is 1.84 bits per heavy atom. The number of carbonyl (C=O) groups is 1. The summed E-state index contributed by atoms with van der Waals surface area (Å²) in [6.07, 6.45) is 4.60. The van der Waals surface area contributed by atoms with Crippen LogP contribution in [-0.2, 0) is 10.3 Å². The van der Waals surface area contributed by atoms with Gasteiger partial charge in [-0.05, 0) is 53.5 Å². The first kappa shape index (κ1) is 29.9. The number of guanidine groups is 1. The normalized spacial score (nSPS) is 19.6. The lowest BCUT2D eigenvalue weighted by Crippen LogP contribution is -2.47. The van der Waals surface area contributed by atoms with E-state index in [9.17, 15) is 18.7 Å². The Morgan fingerprint density at radius 1 is 1.11 bits per heavy atom. The molecule has 0 unspecified atom stereocenters. The Morgan fingerprint density at radius 3 is 2.48 bits per heavy atom. The molecule has 44 heavy (non-hydrogen) atoms. The average molecular weight is 623 g/mol. The van der Waals surface area contributed by atoms with Crippen LogP contribution in [0.25, 0.3) is 16.8 Å². The van der Waals surface area contributed by atoms with Gasteiger partial charge in [0.1, 0.15) is 6.33 Å². The Balaban J connectivity index is 1.36. The quantitative estimate of drug-likeness (QED) is 0.251. The van der Waals surface area contributed by atoms with Crippen molar-refractivity contribution < 1.29 is 18.7 Å². The molecule has 2 atom stereocenters. The van der Waals surface area contributed by atoms with E-state index in [-0.39, 0.29) is 22.1 Å². The number of nitrogens with two attached hydrogens (primary N) is 1. The number of carbonyl (C=O) groups excluding carboxylic acids is 1.